The van der Waals surface area contributed by atoms with Crippen LogP contribution in [0.3, 0.4) is 0 Å². The van der Waals surface area contributed by atoms with Crippen LogP contribution >= 0.6 is 0 Å². The number of nitrogens with zero attached hydrogens (tertiary/aromatic N) is 1. The number of carbonyl (C=O) groups excluding carboxylic acids is 1. The van der Waals surface area contributed by atoms with Crippen LogP contribution in [-0.2, 0) is 14.6 Å². The molecular formula is C8H17NO3S. The average Bonchev–Trinajstić information content (AvgIpc) is 2.00. The van der Waals surface area contributed by atoms with Crippen LogP contribution in [0.15, 0.2) is 0 Å². The summed E-state index contributed by atoms with van der Waals surface area (Å²) in [6, 6.07) is 0. The molecule has 0 aliphatic rings. The van der Waals surface area contributed by atoms with Crippen LogP contribution in [0.1, 0.15) is 20.3 Å². The second-order valence-corrected chi connectivity index (χ2v) is 5.60. The predicted octanol–water partition coefficient (Wildman–Crippen LogP) is 0.288. The monoisotopic (exact) mass is 207 g/mol. The van der Waals surface area contributed by atoms with Crippen molar-refractivity contribution in [1.29, 1.82) is 0 Å². The SMILES string of the molecule is CCCN(C)C(=O)C(C)S(C)(=O)=O. The third-order valence-corrected chi connectivity index (χ3v) is 3.41. The zero-order chi connectivity index (χ0) is 10.6. The zero-order valence-corrected chi connectivity index (χ0v) is 9.39. The summed E-state index contributed by atoms with van der Waals surface area (Å²) in [7, 11) is -1.64. The molecule has 0 aromatic heterocycles. The first-order chi connectivity index (χ1) is 5.80. The van der Waals surface area contributed by atoms with Gasteiger partial charge in [0.25, 0.3) is 0 Å². The molecule has 0 N–H and O–H groups in total. The highest BCUT2D eigenvalue weighted by atomic mass is 32.2. The molecule has 1 unspecified atom stereocenters. The summed E-state index contributed by atoms with van der Waals surface area (Å²) in [6.45, 7) is 3.96. The Hall–Kier alpha value is -0.580. The molecule has 0 fully saturated rings. The maximum atomic E-state index is 11.4. The lowest BCUT2D eigenvalue weighted by atomic mass is 10.3. The van der Waals surface area contributed by atoms with Crippen molar-refractivity contribution in [2.75, 3.05) is 19.8 Å². The summed E-state index contributed by atoms with van der Waals surface area (Å²) in [4.78, 5) is 12.9. The molecule has 13 heavy (non-hydrogen) atoms. The van der Waals surface area contributed by atoms with E-state index in [1.165, 1.54) is 11.8 Å². The molecule has 0 aromatic carbocycles. The van der Waals surface area contributed by atoms with Crippen molar-refractivity contribution >= 4 is 15.7 Å². The predicted molar refractivity (Wildman–Crippen MR) is 52.2 cm³/mol. The van der Waals surface area contributed by atoms with Gasteiger partial charge in [-0.2, -0.15) is 0 Å². The van der Waals surface area contributed by atoms with Crippen molar-refractivity contribution in [1.82, 2.24) is 4.90 Å². The van der Waals surface area contributed by atoms with Gasteiger partial charge in [0.15, 0.2) is 9.84 Å². The molecule has 0 spiro atoms. The number of rotatable bonds is 4. The van der Waals surface area contributed by atoms with Crippen LogP contribution in [0.5, 0.6) is 0 Å². The second kappa shape index (κ2) is 4.60. The number of amides is 1. The molecule has 1 atom stereocenters. The summed E-state index contributed by atoms with van der Waals surface area (Å²) < 4.78 is 22.1. The quantitative estimate of drug-likeness (QED) is 0.665. The van der Waals surface area contributed by atoms with Crippen molar-refractivity contribution in [3.63, 3.8) is 0 Å². The van der Waals surface area contributed by atoms with E-state index in [1.54, 1.807) is 7.05 Å². The van der Waals surface area contributed by atoms with Gasteiger partial charge in [-0.15, -0.1) is 0 Å². The third kappa shape index (κ3) is 3.76. The summed E-state index contributed by atoms with van der Waals surface area (Å²) in [5.74, 6) is -0.329. The largest absolute Gasteiger partial charge is 0.345 e. The lowest BCUT2D eigenvalue weighted by Gasteiger charge is -2.19. The number of sulfone groups is 1. The number of carbonyl (C=O) groups is 1. The molecule has 1 amide bonds. The highest BCUT2D eigenvalue weighted by Gasteiger charge is 2.25. The summed E-state index contributed by atoms with van der Waals surface area (Å²) >= 11 is 0. The maximum Gasteiger partial charge on any atom is 0.240 e. The molecule has 0 aliphatic heterocycles. The number of hydrogen-bond acceptors (Lipinski definition) is 3. The molecular weight excluding hydrogens is 190 g/mol. The molecule has 5 heteroatoms. The lowest BCUT2D eigenvalue weighted by molar-refractivity contribution is -0.129. The van der Waals surface area contributed by atoms with Crippen LogP contribution in [0, 0.1) is 0 Å². The van der Waals surface area contributed by atoms with Gasteiger partial charge in [-0.3, -0.25) is 4.79 Å². The topological polar surface area (TPSA) is 54.5 Å². The van der Waals surface area contributed by atoms with E-state index < -0.39 is 15.1 Å². The fourth-order valence-corrected chi connectivity index (χ4v) is 1.49. The van der Waals surface area contributed by atoms with Crippen molar-refractivity contribution in [3.8, 4) is 0 Å². The normalized spacial score (nSPS) is 13.8. The molecule has 0 bridgehead atoms. The van der Waals surface area contributed by atoms with Crippen molar-refractivity contribution in [2.45, 2.75) is 25.5 Å². The molecule has 78 valence electrons. The standard InChI is InChI=1S/C8H17NO3S/c1-5-6-9(3)8(10)7(2)13(4,11)12/h7H,5-6H2,1-4H3. The molecule has 0 radical (unpaired) electrons. The van der Waals surface area contributed by atoms with Gasteiger partial charge in [0.05, 0.1) is 0 Å². The van der Waals surface area contributed by atoms with Crippen LogP contribution in [-0.4, -0.2) is 44.3 Å². The minimum absolute atomic E-state index is 0.329. The Balaban J connectivity index is 4.44. The van der Waals surface area contributed by atoms with E-state index in [2.05, 4.69) is 0 Å². The summed E-state index contributed by atoms with van der Waals surface area (Å²) in [5, 5.41) is -0.927. The molecule has 0 saturated carbocycles. The van der Waals surface area contributed by atoms with Gasteiger partial charge in [0, 0.05) is 19.8 Å². The van der Waals surface area contributed by atoms with Gasteiger partial charge >= 0.3 is 0 Å². The van der Waals surface area contributed by atoms with Gasteiger partial charge < -0.3 is 4.90 Å². The minimum atomic E-state index is -3.26. The molecule has 0 aromatic rings. The molecule has 0 rings (SSSR count). The Morgan fingerprint density at radius 2 is 1.92 bits per heavy atom. The second-order valence-electron chi connectivity index (χ2n) is 3.23. The highest BCUT2D eigenvalue weighted by molar-refractivity contribution is 7.92. The first kappa shape index (κ1) is 12.4. The highest BCUT2D eigenvalue weighted by Crippen LogP contribution is 2.02. The molecule has 0 saturated heterocycles. The van der Waals surface area contributed by atoms with E-state index in [4.69, 9.17) is 0 Å². The van der Waals surface area contributed by atoms with Crippen molar-refractivity contribution in [3.05, 3.63) is 0 Å². The van der Waals surface area contributed by atoms with Gasteiger partial charge in [-0.1, -0.05) is 6.92 Å². The van der Waals surface area contributed by atoms with Crippen molar-refractivity contribution < 1.29 is 13.2 Å². The molecule has 0 aliphatic carbocycles. The van der Waals surface area contributed by atoms with E-state index in [-0.39, 0.29) is 5.91 Å². The van der Waals surface area contributed by atoms with E-state index in [0.29, 0.717) is 6.54 Å². The summed E-state index contributed by atoms with van der Waals surface area (Å²) in [5.41, 5.74) is 0. The van der Waals surface area contributed by atoms with Crippen molar-refractivity contribution in [2.24, 2.45) is 0 Å². The maximum absolute atomic E-state index is 11.4. The average molecular weight is 207 g/mol. The fraction of sp³-hybridized carbons (Fsp3) is 0.875. The van der Waals surface area contributed by atoms with Crippen LogP contribution < -0.4 is 0 Å². The van der Waals surface area contributed by atoms with Gasteiger partial charge in [0.2, 0.25) is 5.91 Å². The Morgan fingerprint density at radius 3 is 2.23 bits per heavy atom. The lowest BCUT2D eigenvalue weighted by Crippen LogP contribution is -2.39. The van der Waals surface area contributed by atoms with Gasteiger partial charge in [-0.25, -0.2) is 8.42 Å². The Morgan fingerprint density at radius 1 is 1.46 bits per heavy atom. The van der Waals surface area contributed by atoms with E-state index >= 15 is 0 Å². The third-order valence-electron chi connectivity index (χ3n) is 1.93. The Kier molecular flexibility index (Phi) is 4.39. The summed E-state index contributed by atoms with van der Waals surface area (Å²) in [6.07, 6.45) is 1.91. The zero-order valence-electron chi connectivity index (χ0n) is 8.57. The fourth-order valence-electron chi connectivity index (χ4n) is 0.939. The number of hydrogen-bond donors (Lipinski definition) is 0. The van der Waals surface area contributed by atoms with Crippen LogP contribution in [0.2, 0.25) is 0 Å². The van der Waals surface area contributed by atoms with Gasteiger partial charge in [0.1, 0.15) is 5.25 Å². The Bertz CT molecular complexity index is 271. The Labute approximate surface area is 79.8 Å². The smallest absolute Gasteiger partial charge is 0.240 e. The minimum Gasteiger partial charge on any atom is -0.345 e. The first-order valence-electron chi connectivity index (χ1n) is 4.24. The van der Waals surface area contributed by atoms with E-state index in [9.17, 15) is 13.2 Å². The van der Waals surface area contributed by atoms with E-state index in [1.807, 2.05) is 6.92 Å². The van der Waals surface area contributed by atoms with E-state index in [0.717, 1.165) is 12.7 Å². The molecule has 4 nitrogen and oxygen atoms in total. The molecule has 0 heterocycles. The first-order valence-corrected chi connectivity index (χ1v) is 6.20. The van der Waals surface area contributed by atoms with Crippen LogP contribution in [0.25, 0.3) is 0 Å². The van der Waals surface area contributed by atoms with Gasteiger partial charge in [-0.05, 0) is 13.3 Å². The van der Waals surface area contributed by atoms with Crippen LogP contribution in [0.4, 0.5) is 0 Å².